The van der Waals surface area contributed by atoms with Crippen molar-refractivity contribution in [3.8, 4) is 0 Å². The van der Waals surface area contributed by atoms with Crippen LogP contribution in [0.5, 0.6) is 0 Å². The molecule has 2 aliphatic rings. The average molecular weight is 755 g/mol. The molecule has 280 valence electrons. The van der Waals surface area contributed by atoms with E-state index >= 15 is 0 Å². The summed E-state index contributed by atoms with van der Waals surface area (Å²) in [5, 5.41) is 50.6. The highest BCUT2D eigenvalue weighted by Gasteiger charge is 2.51. The number of H-pyrrole nitrogens is 1. The number of Topliss-reactive ketones (excluding diaryl/α,β-unsaturated/α-hetero) is 1. The minimum atomic E-state index is -2.39. The predicted octanol–water partition coefficient (Wildman–Crippen LogP) is -1.11. The summed E-state index contributed by atoms with van der Waals surface area (Å²) in [5.74, 6) is -1.55. The van der Waals surface area contributed by atoms with Gasteiger partial charge < -0.3 is 31.2 Å². The van der Waals surface area contributed by atoms with Crippen LogP contribution in [-0.2, 0) is 30.0 Å². The van der Waals surface area contributed by atoms with E-state index < -0.39 is 91.5 Å². The molecule has 6 N–H and O–H groups in total. The van der Waals surface area contributed by atoms with E-state index in [0.717, 1.165) is 9.36 Å². The first kappa shape index (κ1) is 39.6. The van der Waals surface area contributed by atoms with E-state index in [0.29, 0.717) is 12.8 Å². The van der Waals surface area contributed by atoms with Gasteiger partial charge in [-0.25, -0.2) is 13.6 Å². The standard InChI is InChI=1S/C13H19FN2O2.C8H13FO3.C4H7N3.C3H3N3O2.B10/c1-3-13(7-9(14)8-13)12(18)11(17)6-10-4-5-16(2)15-10;1-2-8(3-5(9)4-8)6(10)7(11)12;1-7-3-2-4(5)6-7;7-6(8)3-1-2-4-5-3;1-7(2)10(8(3)4)9(5)6/h4-5,9,12,18H,3,6-8H2,1-2H3;5-6,10H,2-4H2,1H3,(H,11,12);2-3H,1H3,(H2,5,6);1-2H,(H,4,5);/i2D3;;1D3;;. The molecule has 3 aromatic heterocycles. The molecule has 2 fully saturated rings. The Bertz CT molecular complexity index is 1790. The van der Waals surface area contributed by atoms with Crippen LogP contribution in [0.25, 0.3) is 0 Å². The van der Waals surface area contributed by atoms with Crippen LogP contribution >= 0.6 is 0 Å². The number of hydrogen-bond donors (Lipinski definition) is 5. The summed E-state index contributed by atoms with van der Waals surface area (Å²) in [6, 6.07) is 4.17. The van der Waals surface area contributed by atoms with Crippen molar-refractivity contribution < 1.29 is 46.8 Å². The zero-order valence-electron chi connectivity index (χ0n) is 36.5. The molecule has 2 unspecified atom stereocenters. The molecule has 0 amide bonds. The van der Waals surface area contributed by atoms with Gasteiger partial charge in [-0.1, -0.05) is 18.9 Å². The average Bonchev–Trinajstić information content (AvgIpc) is 3.91. The number of carboxylic acids is 1. The molecule has 12 radical (unpaired) electrons. The number of nitro groups is 1. The number of aliphatic hydroxyl groups excluding tert-OH is 2. The first-order valence-electron chi connectivity index (χ1n) is 19.9. The third kappa shape index (κ3) is 15.5. The molecular formula is C28H42B10F2N8O7. The quantitative estimate of drug-likeness (QED) is 0.0847. The van der Waals surface area contributed by atoms with Crippen LogP contribution in [0, 0.1) is 20.9 Å². The highest BCUT2D eigenvalue weighted by atomic mass is 19.1. The second kappa shape index (κ2) is 22.8. The Morgan fingerprint density at radius 2 is 1.44 bits per heavy atom. The normalized spacial score (nSPS) is 23.6. The summed E-state index contributed by atoms with van der Waals surface area (Å²) in [5.41, 5.74) is 4.10. The Balaban J connectivity index is 0.000000402. The largest absolute Gasteiger partial charge is 0.479 e. The molecule has 0 bridgehead atoms. The molecule has 55 heavy (non-hydrogen) atoms. The third-order valence-corrected chi connectivity index (χ3v) is 9.24. The van der Waals surface area contributed by atoms with Crippen LogP contribution in [0.2, 0.25) is 0 Å². The number of nitrogens with zero attached hydrogens (tertiary/aromatic N) is 6. The molecule has 0 aromatic carbocycles. The molecule has 3 heterocycles. The van der Waals surface area contributed by atoms with E-state index in [-0.39, 0.29) is 49.4 Å². The Hall–Kier alpha value is -3.60. The number of aryl methyl sites for hydroxylation is 2. The molecule has 0 aliphatic heterocycles. The van der Waals surface area contributed by atoms with E-state index in [1.165, 1.54) is 36.8 Å². The minimum Gasteiger partial charge on any atom is -0.479 e. The number of rotatable bonds is 12. The van der Waals surface area contributed by atoms with Crippen molar-refractivity contribution in [3.05, 3.63) is 52.6 Å². The Morgan fingerprint density at radius 1 is 0.964 bits per heavy atom. The summed E-state index contributed by atoms with van der Waals surface area (Å²) >= 11 is 0. The number of carboxylic acid groups (broad SMARTS) is 1. The van der Waals surface area contributed by atoms with Gasteiger partial charge >= 0.3 is 11.8 Å². The number of nitrogens with two attached hydrogens (primary N) is 1. The van der Waals surface area contributed by atoms with Gasteiger partial charge in [0.15, 0.2) is 11.9 Å². The van der Waals surface area contributed by atoms with Crippen molar-refractivity contribution in [3.63, 3.8) is 0 Å². The van der Waals surface area contributed by atoms with Crippen molar-refractivity contribution >= 4 is 95.4 Å². The predicted molar refractivity (Wildman–Crippen MR) is 216 cm³/mol. The number of aliphatic hydroxyl groups is 2. The highest BCUT2D eigenvalue weighted by Crippen LogP contribution is 2.49. The molecule has 2 aliphatic carbocycles. The third-order valence-electron chi connectivity index (χ3n) is 9.24. The zero-order chi connectivity index (χ0) is 47.3. The van der Waals surface area contributed by atoms with Gasteiger partial charge in [-0.15, -0.1) is 5.10 Å². The minimum absolute atomic E-state index is 0.0787. The number of aromatic amines is 1. The second-order valence-electron chi connectivity index (χ2n) is 13.2. The lowest BCUT2D eigenvalue weighted by molar-refractivity contribution is -0.389. The van der Waals surface area contributed by atoms with Gasteiger partial charge in [0.2, 0.25) is 0 Å². The van der Waals surface area contributed by atoms with Crippen molar-refractivity contribution in [2.75, 3.05) is 5.73 Å². The number of nitrogens with one attached hydrogen (secondary N) is 1. The molecule has 15 nitrogen and oxygen atoms in total. The van der Waals surface area contributed by atoms with Crippen LogP contribution in [0.15, 0.2) is 36.8 Å². The lowest BCUT2D eigenvalue weighted by Crippen LogP contribution is -2.62. The summed E-state index contributed by atoms with van der Waals surface area (Å²) in [6.45, 7) is -0.999. The Kier molecular flexibility index (Phi) is 16.4. The monoisotopic (exact) mass is 756 g/mol. The number of ketones is 1. The van der Waals surface area contributed by atoms with Crippen LogP contribution in [-0.4, -0.2) is 158 Å². The molecule has 2 saturated carbocycles. The number of halogens is 2. The summed E-state index contributed by atoms with van der Waals surface area (Å²) in [7, 11) is 31.8. The van der Waals surface area contributed by atoms with Gasteiger partial charge in [-0.2, -0.15) is 10.2 Å². The Morgan fingerprint density at radius 3 is 1.71 bits per heavy atom. The van der Waals surface area contributed by atoms with Crippen LogP contribution < -0.4 is 5.73 Å². The first-order valence-corrected chi connectivity index (χ1v) is 16.9. The maximum atomic E-state index is 13.1. The van der Waals surface area contributed by atoms with E-state index in [1.54, 1.807) is 6.92 Å². The molecule has 2 atom stereocenters. The number of aliphatic carboxylic acids is 1. The van der Waals surface area contributed by atoms with Crippen LogP contribution in [0.3, 0.4) is 0 Å². The van der Waals surface area contributed by atoms with E-state index in [9.17, 15) is 38.7 Å². The fourth-order valence-electron chi connectivity index (χ4n) is 5.85. The topological polar surface area (TPSA) is 228 Å². The highest BCUT2D eigenvalue weighted by molar-refractivity contribution is 8.00. The van der Waals surface area contributed by atoms with Gasteiger partial charge in [-0.05, 0) is 55.6 Å². The number of anilines is 1. The zero-order valence-corrected chi connectivity index (χ0v) is 30.5. The Labute approximate surface area is 338 Å². The fraction of sp³-hybridized carbons (Fsp3) is 0.607. The number of aromatic nitrogens is 6. The summed E-state index contributed by atoms with van der Waals surface area (Å²) < 4.78 is 69.5. The summed E-state index contributed by atoms with van der Waals surface area (Å²) in [4.78, 5) is 31.8. The second-order valence-corrected chi connectivity index (χ2v) is 13.2. The number of alkyl halides is 2. The first-order chi connectivity index (χ1) is 28.0. The van der Waals surface area contributed by atoms with E-state index in [4.69, 9.17) is 65.5 Å². The smallest absolute Gasteiger partial charge is 0.342 e. The van der Waals surface area contributed by atoms with E-state index in [2.05, 4.69) is 20.4 Å². The number of carbonyl (C=O) groups excluding carboxylic acids is 1. The number of hydrogen-bond acceptors (Lipinski definition) is 10. The molecule has 0 spiro atoms. The lowest BCUT2D eigenvalue weighted by atomic mass is 8.58. The maximum Gasteiger partial charge on any atom is 0.342 e. The van der Waals surface area contributed by atoms with Gasteiger partial charge in [0.05, 0.1) is 24.4 Å². The number of nitrogen functional groups attached to an aromatic ring is 1. The number of carbonyl (C=O) groups is 2. The molecule has 0 saturated heterocycles. The van der Waals surface area contributed by atoms with Crippen molar-refractivity contribution in [1.29, 1.82) is 0 Å². The van der Waals surface area contributed by atoms with Crippen LogP contribution in [0.4, 0.5) is 20.4 Å². The van der Waals surface area contributed by atoms with Crippen molar-refractivity contribution in [2.24, 2.45) is 24.8 Å². The molecule has 27 heteroatoms. The van der Waals surface area contributed by atoms with E-state index in [1.807, 2.05) is 6.92 Å². The summed E-state index contributed by atoms with van der Waals surface area (Å²) in [6.07, 6.45) is -1.40. The molecular weight excluding hydrogens is 706 g/mol. The van der Waals surface area contributed by atoms with Crippen LogP contribution in [0.1, 0.15) is 66.3 Å². The van der Waals surface area contributed by atoms with Crippen molar-refractivity contribution in [2.45, 2.75) is 83.3 Å². The SMILES string of the molecule is CCC1(C(O)C(=O)O)CC(F)C1.O=[N+]([O-])c1ccn[nH]1.[2H]C([2H])([2H])n1ccc(CC(=O)C(O)C2(CC)CC(F)C2)n1.[2H]C([2H])([2H])n1ccc(N)n1.[B]B([B])B(B([B])[B])B([B])[B]. The molecule has 3 aromatic rings. The van der Waals surface area contributed by atoms with Gasteiger partial charge in [-0.3, -0.25) is 14.2 Å². The van der Waals surface area contributed by atoms with Gasteiger partial charge in [0, 0.05) is 117 Å². The van der Waals surface area contributed by atoms with Gasteiger partial charge in [0.1, 0.15) is 24.3 Å². The van der Waals surface area contributed by atoms with Crippen molar-refractivity contribution in [1.82, 2.24) is 29.8 Å². The maximum absolute atomic E-state index is 13.1. The van der Waals surface area contributed by atoms with Gasteiger partial charge in [0.25, 0.3) is 0 Å². The lowest BCUT2D eigenvalue weighted by Gasteiger charge is -2.46. The molecule has 5 rings (SSSR count). The fourth-order valence-corrected chi connectivity index (χ4v) is 5.85.